The van der Waals surface area contributed by atoms with Gasteiger partial charge in [-0.05, 0) is 0 Å². The Kier molecular flexibility index (Phi) is 41.6. The second kappa shape index (κ2) is 19.0. The van der Waals surface area contributed by atoms with Crippen LogP contribution in [0.15, 0.2) is 0 Å². The molecular formula is C3H10Ca2O7Sr2. The third kappa shape index (κ3) is 24.8. The van der Waals surface area contributed by atoms with Crippen molar-refractivity contribution < 1.29 is 45.5 Å². The fourth-order valence-corrected chi connectivity index (χ4v) is 0.163. The van der Waals surface area contributed by atoms with Crippen molar-refractivity contribution in [1.82, 2.24) is 0 Å². The van der Waals surface area contributed by atoms with E-state index in [9.17, 15) is 14.4 Å². The van der Waals surface area contributed by atoms with E-state index in [1.807, 2.05) is 0 Å². The van der Waals surface area contributed by atoms with E-state index in [0.717, 1.165) is 0 Å². The van der Waals surface area contributed by atoms with E-state index in [1.54, 1.807) is 0 Å². The van der Waals surface area contributed by atoms with E-state index in [4.69, 9.17) is 10.2 Å². The quantitative estimate of drug-likeness (QED) is 0.323. The standard InChI is InChI=1S/C3H2O7.2Ca.2Sr.8H/c4-1(5)9-3(8)10-2(6)7;;;;;;;;;;;;/h(H,4,5)(H,6,7);;;;;;;;;;;;/q;4*+2;8*-1. The third-order valence-electron chi connectivity index (χ3n) is 0.341. The summed E-state index contributed by atoms with van der Waals surface area (Å²) in [6.07, 6.45) is -5.64. The first-order valence-corrected chi connectivity index (χ1v) is 1.88. The minimum absolute atomic E-state index is 0. The first-order chi connectivity index (χ1) is 4.52. The van der Waals surface area contributed by atoms with Gasteiger partial charge in [0, 0.05) is 0 Å². The van der Waals surface area contributed by atoms with Crippen molar-refractivity contribution in [3.63, 3.8) is 0 Å². The van der Waals surface area contributed by atoms with E-state index in [-0.39, 0.29) is 178 Å². The van der Waals surface area contributed by atoms with E-state index in [1.165, 1.54) is 0 Å². The zero-order chi connectivity index (χ0) is 8.15. The summed E-state index contributed by atoms with van der Waals surface area (Å²) in [6.45, 7) is 0. The fraction of sp³-hybridized carbons (Fsp3) is 0. The van der Waals surface area contributed by atoms with Gasteiger partial charge in [-0.2, -0.15) is 0 Å². The number of rotatable bonds is 0. The van der Waals surface area contributed by atoms with Gasteiger partial charge in [-0.3, -0.25) is 0 Å². The number of ether oxygens (including phenoxy) is 2. The number of carbonyl (C=O) groups is 3. The summed E-state index contributed by atoms with van der Waals surface area (Å²) in [5, 5.41) is 15.4. The van der Waals surface area contributed by atoms with E-state index < -0.39 is 18.5 Å². The van der Waals surface area contributed by atoms with Crippen LogP contribution in [0.25, 0.3) is 0 Å². The summed E-state index contributed by atoms with van der Waals surface area (Å²) in [6, 6.07) is 0. The molecule has 0 saturated heterocycles. The molecule has 0 aliphatic heterocycles. The zero-order valence-electron chi connectivity index (χ0n) is 15.3. The van der Waals surface area contributed by atoms with Crippen LogP contribution < -0.4 is 0 Å². The molecule has 0 atom stereocenters. The monoisotopic (exact) mass is 414 g/mol. The van der Waals surface area contributed by atoms with Crippen LogP contribution >= 0.6 is 0 Å². The SMILES string of the molecule is O=C(O)OC(=O)OC(=O)O.[Ca+2].[Ca+2].[H-].[H-].[H-].[H-].[H-].[H-].[H-].[H-].[Sr+2].[Sr+2]. The van der Waals surface area contributed by atoms with Gasteiger partial charge < -0.3 is 31.1 Å². The van der Waals surface area contributed by atoms with E-state index in [0.29, 0.717) is 0 Å². The first-order valence-electron chi connectivity index (χ1n) is 1.88. The predicted molar refractivity (Wildman–Crippen MR) is 55.5 cm³/mol. The number of carboxylic acid groups (broad SMARTS) is 2. The Morgan fingerprint density at radius 2 is 1.07 bits per heavy atom. The Bertz CT molecular complexity index is 189. The van der Waals surface area contributed by atoms with Gasteiger partial charge in [0.05, 0.1) is 0 Å². The summed E-state index contributed by atoms with van der Waals surface area (Å²) >= 11 is 0. The van der Waals surface area contributed by atoms with Crippen molar-refractivity contribution in [2.45, 2.75) is 0 Å². The molecule has 0 amide bonds. The molecule has 2 N–H and O–H groups in total. The molecule has 0 aromatic heterocycles. The molecule has 0 aromatic rings. The Hall–Kier alpha value is 3.69. The van der Waals surface area contributed by atoms with Gasteiger partial charge >= 0.3 is 185 Å². The molecule has 0 spiro atoms. The fourth-order valence-electron chi connectivity index (χ4n) is 0.163. The summed E-state index contributed by atoms with van der Waals surface area (Å²) in [4.78, 5) is 28.8. The van der Waals surface area contributed by atoms with Gasteiger partial charge in [0.1, 0.15) is 0 Å². The summed E-state index contributed by atoms with van der Waals surface area (Å²) in [5.74, 6) is 0. The van der Waals surface area contributed by atoms with Crippen molar-refractivity contribution in [2.24, 2.45) is 0 Å². The van der Waals surface area contributed by atoms with Crippen LogP contribution in [0.4, 0.5) is 14.4 Å². The maximum Gasteiger partial charge on any atom is 2.00 e. The largest absolute Gasteiger partial charge is 2.00 e. The molecule has 0 radical (unpaired) electrons. The maximum atomic E-state index is 9.86. The van der Waals surface area contributed by atoms with Gasteiger partial charge in [-0.25, -0.2) is 14.4 Å². The predicted octanol–water partition coefficient (Wildman–Crippen LogP) is -0.128. The summed E-state index contributed by atoms with van der Waals surface area (Å²) in [7, 11) is 0. The second-order valence-electron chi connectivity index (χ2n) is 0.986. The van der Waals surface area contributed by atoms with E-state index >= 15 is 0 Å². The Morgan fingerprint density at radius 3 is 1.21 bits per heavy atom. The van der Waals surface area contributed by atoms with Crippen LogP contribution in [0, 0.1) is 0 Å². The van der Waals surface area contributed by atoms with Crippen LogP contribution in [0.1, 0.15) is 11.4 Å². The zero-order valence-corrected chi connectivity index (χ0v) is 18.6. The Labute approximate surface area is 225 Å². The molecule has 0 fully saturated rings. The van der Waals surface area contributed by atoms with Crippen LogP contribution in [0.5, 0.6) is 0 Å². The van der Waals surface area contributed by atoms with Crippen molar-refractivity contribution in [3.05, 3.63) is 0 Å². The first kappa shape index (κ1) is 30.6. The molecular weight excluding hydrogens is 403 g/mol. The maximum absolute atomic E-state index is 9.86. The van der Waals surface area contributed by atoms with Crippen LogP contribution in [-0.4, -0.2) is 195 Å². The van der Waals surface area contributed by atoms with Gasteiger partial charge in [0.2, 0.25) is 0 Å². The minimum atomic E-state index is -1.92. The smallest absolute Gasteiger partial charge is 1.00 e. The number of carbonyl (C=O) groups excluding carboxylic acids is 1. The van der Waals surface area contributed by atoms with Gasteiger partial charge in [0.15, 0.2) is 0 Å². The Morgan fingerprint density at radius 1 is 0.857 bits per heavy atom. The molecule has 11 heteroatoms. The molecule has 0 unspecified atom stereocenters. The molecule has 0 heterocycles. The van der Waals surface area contributed by atoms with Crippen LogP contribution in [0.2, 0.25) is 0 Å². The molecule has 0 saturated carbocycles. The molecule has 72 valence electrons. The Balaban J connectivity index is -0.00000000614. The third-order valence-corrected chi connectivity index (χ3v) is 0.341. The molecule has 0 aliphatic carbocycles. The molecule has 7 nitrogen and oxygen atoms in total. The average molecular weight is 414 g/mol. The number of hydrogen-bond donors (Lipinski definition) is 2. The van der Waals surface area contributed by atoms with E-state index in [2.05, 4.69) is 9.47 Å². The van der Waals surface area contributed by atoms with Crippen molar-refractivity contribution in [3.8, 4) is 0 Å². The van der Waals surface area contributed by atoms with Crippen LogP contribution in [0.3, 0.4) is 0 Å². The molecule has 0 rings (SSSR count). The second-order valence-corrected chi connectivity index (χ2v) is 0.986. The summed E-state index contributed by atoms with van der Waals surface area (Å²) < 4.78 is 6.47. The van der Waals surface area contributed by atoms with Crippen molar-refractivity contribution in [1.29, 1.82) is 0 Å². The normalized spacial score (nSPS) is 5.71. The van der Waals surface area contributed by atoms with Crippen LogP contribution in [-0.2, 0) is 9.47 Å². The van der Waals surface area contributed by atoms with Crippen molar-refractivity contribution in [2.75, 3.05) is 0 Å². The average Bonchev–Trinajstić information content (AvgIpc) is 1.58. The van der Waals surface area contributed by atoms with Gasteiger partial charge in [0.25, 0.3) is 0 Å². The molecule has 0 aromatic carbocycles. The van der Waals surface area contributed by atoms with Gasteiger partial charge in [-0.15, -0.1) is 0 Å². The number of hydrogen-bond acceptors (Lipinski definition) is 5. The topological polar surface area (TPSA) is 110 Å². The molecule has 14 heavy (non-hydrogen) atoms. The molecule has 0 bridgehead atoms. The summed E-state index contributed by atoms with van der Waals surface area (Å²) in [5.41, 5.74) is 0. The minimum Gasteiger partial charge on any atom is -1.00 e. The van der Waals surface area contributed by atoms with Crippen molar-refractivity contribution >= 4 is 185 Å². The molecule has 0 aliphatic rings. The van der Waals surface area contributed by atoms with Gasteiger partial charge in [-0.1, -0.05) is 0 Å².